The van der Waals surface area contributed by atoms with Gasteiger partial charge in [-0.25, -0.2) is 0 Å². The molecule has 1 heterocycles. The number of carbonyl (C=O) groups is 1. The number of fused-ring (bicyclic) bond motifs is 1. The third-order valence-electron chi connectivity index (χ3n) is 4.54. The first-order chi connectivity index (χ1) is 9.25. The summed E-state index contributed by atoms with van der Waals surface area (Å²) in [7, 11) is 0. The lowest BCUT2D eigenvalue weighted by atomic mass is 9.86. The van der Waals surface area contributed by atoms with Gasteiger partial charge in [0, 0.05) is 39.1 Å². The molecule has 0 N–H and O–H groups in total. The summed E-state index contributed by atoms with van der Waals surface area (Å²) in [4.78, 5) is 15.9. The molecule has 1 unspecified atom stereocenters. The van der Waals surface area contributed by atoms with Crippen LogP contribution in [-0.4, -0.2) is 41.9 Å². The molecule has 1 aromatic rings. The number of hydrogen-bond acceptors (Lipinski definition) is 2. The van der Waals surface area contributed by atoms with Gasteiger partial charge in [0.25, 0.3) is 0 Å². The fourth-order valence-corrected chi connectivity index (χ4v) is 3.46. The predicted molar refractivity (Wildman–Crippen MR) is 75.9 cm³/mol. The van der Waals surface area contributed by atoms with E-state index in [2.05, 4.69) is 29.2 Å². The van der Waals surface area contributed by atoms with Crippen molar-refractivity contribution in [3.8, 4) is 0 Å². The molecule has 0 spiro atoms. The van der Waals surface area contributed by atoms with E-state index < -0.39 is 0 Å². The van der Waals surface area contributed by atoms with Crippen molar-refractivity contribution >= 4 is 5.91 Å². The molecule has 102 valence electrons. The lowest BCUT2D eigenvalue weighted by Crippen LogP contribution is -2.49. The maximum absolute atomic E-state index is 11.4. The van der Waals surface area contributed by atoms with E-state index >= 15 is 0 Å². The van der Waals surface area contributed by atoms with Gasteiger partial charge in [0.15, 0.2) is 0 Å². The second-order valence-electron chi connectivity index (χ2n) is 5.65. The van der Waals surface area contributed by atoms with Crippen LogP contribution in [0.1, 0.15) is 36.9 Å². The molecule has 1 aliphatic carbocycles. The molecular weight excluding hydrogens is 236 g/mol. The fraction of sp³-hybridized carbons (Fsp3) is 0.562. The number of rotatable bonds is 1. The van der Waals surface area contributed by atoms with E-state index in [1.807, 2.05) is 4.90 Å². The quantitative estimate of drug-likeness (QED) is 0.771. The zero-order chi connectivity index (χ0) is 13.2. The van der Waals surface area contributed by atoms with Gasteiger partial charge in [0.2, 0.25) is 5.91 Å². The van der Waals surface area contributed by atoms with Crippen LogP contribution < -0.4 is 0 Å². The Morgan fingerprint density at radius 3 is 2.63 bits per heavy atom. The molecule has 1 fully saturated rings. The maximum atomic E-state index is 11.4. The molecule has 1 amide bonds. The number of amides is 1. The Labute approximate surface area is 115 Å². The summed E-state index contributed by atoms with van der Waals surface area (Å²) in [6.07, 6.45) is 3.77. The van der Waals surface area contributed by atoms with E-state index in [0.717, 1.165) is 26.2 Å². The van der Waals surface area contributed by atoms with Crippen LogP contribution in [0.2, 0.25) is 0 Å². The van der Waals surface area contributed by atoms with E-state index in [1.165, 1.54) is 30.4 Å². The van der Waals surface area contributed by atoms with Gasteiger partial charge in [-0.05, 0) is 30.4 Å². The van der Waals surface area contributed by atoms with E-state index in [9.17, 15) is 4.79 Å². The Kier molecular flexibility index (Phi) is 3.56. The molecule has 3 nitrogen and oxygen atoms in total. The maximum Gasteiger partial charge on any atom is 0.219 e. The van der Waals surface area contributed by atoms with Crippen molar-refractivity contribution in [2.45, 2.75) is 32.2 Å². The van der Waals surface area contributed by atoms with E-state index in [4.69, 9.17) is 0 Å². The fourth-order valence-electron chi connectivity index (χ4n) is 3.46. The largest absolute Gasteiger partial charge is 0.340 e. The molecule has 0 bridgehead atoms. The SMILES string of the molecule is CC(=O)N1CCN(C2CCCc3ccccc32)CC1. The summed E-state index contributed by atoms with van der Waals surface area (Å²) in [5, 5.41) is 0. The summed E-state index contributed by atoms with van der Waals surface area (Å²) in [5.41, 5.74) is 3.04. The van der Waals surface area contributed by atoms with Gasteiger partial charge in [0.1, 0.15) is 0 Å². The van der Waals surface area contributed by atoms with Crippen LogP contribution in [-0.2, 0) is 11.2 Å². The van der Waals surface area contributed by atoms with Crippen molar-refractivity contribution in [2.24, 2.45) is 0 Å². The molecule has 3 rings (SSSR count). The number of nitrogens with zero attached hydrogens (tertiary/aromatic N) is 2. The molecule has 1 aromatic carbocycles. The highest BCUT2D eigenvalue weighted by Crippen LogP contribution is 2.34. The third-order valence-corrected chi connectivity index (χ3v) is 4.54. The second-order valence-corrected chi connectivity index (χ2v) is 5.65. The van der Waals surface area contributed by atoms with Gasteiger partial charge in [-0.2, -0.15) is 0 Å². The second kappa shape index (κ2) is 5.33. The van der Waals surface area contributed by atoms with Crippen LogP contribution in [0, 0.1) is 0 Å². The monoisotopic (exact) mass is 258 g/mol. The lowest BCUT2D eigenvalue weighted by Gasteiger charge is -2.41. The number of piperazine rings is 1. The average Bonchev–Trinajstić information content (AvgIpc) is 2.47. The molecule has 0 aromatic heterocycles. The highest BCUT2D eigenvalue weighted by Gasteiger charge is 2.28. The van der Waals surface area contributed by atoms with E-state index in [1.54, 1.807) is 6.92 Å². The summed E-state index contributed by atoms with van der Waals surface area (Å²) < 4.78 is 0. The Hall–Kier alpha value is -1.35. The van der Waals surface area contributed by atoms with Gasteiger partial charge >= 0.3 is 0 Å². The molecule has 0 radical (unpaired) electrons. The summed E-state index contributed by atoms with van der Waals surface area (Å²) in [6.45, 7) is 5.46. The molecule has 2 aliphatic rings. The minimum absolute atomic E-state index is 0.212. The first kappa shape index (κ1) is 12.7. The first-order valence-corrected chi connectivity index (χ1v) is 7.33. The van der Waals surface area contributed by atoms with E-state index in [0.29, 0.717) is 6.04 Å². The molecule has 3 heteroatoms. The number of hydrogen-bond donors (Lipinski definition) is 0. The summed E-state index contributed by atoms with van der Waals surface area (Å²) in [6, 6.07) is 9.43. The number of carbonyl (C=O) groups excluding carboxylic acids is 1. The summed E-state index contributed by atoms with van der Waals surface area (Å²) in [5.74, 6) is 0.212. The van der Waals surface area contributed by atoms with Crippen molar-refractivity contribution < 1.29 is 4.79 Å². The molecular formula is C16H22N2O. The first-order valence-electron chi connectivity index (χ1n) is 7.33. The van der Waals surface area contributed by atoms with Crippen molar-refractivity contribution in [2.75, 3.05) is 26.2 Å². The van der Waals surface area contributed by atoms with Crippen molar-refractivity contribution in [3.63, 3.8) is 0 Å². The van der Waals surface area contributed by atoms with Crippen LogP contribution >= 0.6 is 0 Å². The number of aryl methyl sites for hydroxylation is 1. The van der Waals surface area contributed by atoms with Gasteiger partial charge in [-0.1, -0.05) is 24.3 Å². The van der Waals surface area contributed by atoms with Crippen LogP contribution in [0.25, 0.3) is 0 Å². The predicted octanol–water partition coefficient (Wildman–Crippen LogP) is 2.23. The van der Waals surface area contributed by atoms with Gasteiger partial charge in [-0.3, -0.25) is 9.69 Å². The Morgan fingerprint density at radius 1 is 1.16 bits per heavy atom. The zero-order valence-electron chi connectivity index (χ0n) is 11.6. The summed E-state index contributed by atoms with van der Waals surface area (Å²) >= 11 is 0. The third kappa shape index (κ3) is 2.52. The van der Waals surface area contributed by atoms with Crippen molar-refractivity contribution in [1.29, 1.82) is 0 Å². The molecule has 1 aliphatic heterocycles. The Balaban J connectivity index is 1.73. The minimum Gasteiger partial charge on any atom is -0.340 e. The lowest BCUT2D eigenvalue weighted by molar-refractivity contribution is -0.130. The molecule has 1 atom stereocenters. The standard InChI is InChI=1S/C16H22N2O/c1-13(19)17-9-11-18(12-10-17)16-8-4-6-14-5-2-3-7-15(14)16/h2-3,5,7,16H,4,6,8-12H2,1H3. The molecule has 0 saturated carbocycles. The zero-order valence-corrected chi connectivity index (χ0v) is 11.6. The van der Waals surface area contributed by atoms with Crippen molar-refractivity contribution in [3.05, 3.63) is 35.4 Å². The van der Waals surface area contributed by atoms with Gasteiger partial charge in [-0.15, -0.1) is 0 Å². The van der Waals surface area contributed by atoms with Crippen LogP contribution in [0.3, 0.4) is 0 Å². The highest BCUT2D eigenvalue weighted by atomic mass is 16.2. The smallest absolute Gasteiger partial charge is 0.219 e. The minimum atomic E-state index is 0.212. The number of benzene rings is 1. The molecule has 19 heavy (non-hydrogen) atoms. The van der Waals surface area contributed by atoms with Crippen molar-refractivity contribution in [1.82, 2.24) is 9.80 Å². The topological polar surface area (TPSA) is 23.6 Å². The Morgan fingerprint density at radius 2 is 1.89 bits per heavy atom. The Bertz CT molecular complexity index is 464. The van der Waals surface area contributed by atoms with E-state index in [-0.39, 0.29) is 5.91 Å². The highest BCUT2D eigenvalue weighted by molar-refractivity contribution is 5.73. The van der Waals surface area contributed by atoms with Crippen LogP contribution in [0.4, 0.5) is 0 Å². The van der Waals surface area contributed by atoms with Crippen LogP contribution in [0.15, 0.2) is 24.3 Å². The van der Waals surface area contributed by atoms with Crippen LogP contribution in [0.5, 0.6) is 0 Å². The average molecular weight is 258 g/mol. The van der Waals surface area contributed by atoms with Gasteiger partial charge < -0.3 is 4.90 Å². The normalized spacial score (nSPS) is 24.1. The molecule has 1 saturated heterocycles. The van der Waals surface area contributed by atoms with Gasteiger partial charge in [0.05, 0.1) is 0 Å².